The summed E-state index contributed by atoms with van der Waals surface area (Å²) >= 11 is 0. The molecule has 0 spiro atoms. The van der Waals surface area contributed by atoms with Crippen molar-refractivity contribution in [3.63, 3.8) is 0 Å². The van der Waals surface area contributed by atoms with Crippen LogP contribution in [0.2, 0.25) is 0 Å². The van der Waals surface area contributed by atoms with Crippen LogP contribution in [0.3, 0.4) is 0 Å². The molecule has 6 heteroatoms. The second-order valence-corrected chi connectivity index (χ2v) is 7.92. The van der Waals surface area contributed by atoms with Crippen molar-refractivity contribution in [2.24, 2.45) is 5.10 Å². The number of nitrogens with zero attached hydrogens (tertiary/aromatic N) is 2. The Bertz CT molecular complexity index is 1140. The molecule has 0 atom stereocenters. The predicted octanol–water partition coefficient (Wildman–Crippen LogP) is 4.60. The first kappa shape index (κ1) is 21.4. The molecule has 1 aliphatic heterocycles. The average Bonchev–Trinajstić information content (AvgIpc) is 3.21. The summed E-state index contributed by atoms with van der Waals surface area (Å²) in [6.45, 7) is 6.08. The van der Waals surface area contributed by atoms with E-state index < -0.39 is 0 Å². The summed E-state index contributed by atoms with van der Waals surface area (Å²) in [6.07, 6.45) is 1.57. The summed E-state index contributed by atoms with van der Waals surface area (Å²) < 4.78 is 10.5. The second kappa shape index (κ2) is 9.14. The first-order chi connectivity index (χ1) is 15.5. The van der Waals surface area contributed by atoms with Crippen molar-refractivity contribution >= 4 is 17.8 Å². The summed E-state index contributed by atoms with van der Waals surface area (Å²) in [6, 6.07) is 17.6. The smallest absolute Gasteiger partial charge is 0.271 e. The maximum absolute atomic E-state index is 12.5. The Balaban J connectivity index is 1.38. The number of rotatable bonds is 6. The molecule has 4 rings (SSSR count). The molecule has 1 amide bonds. The molecule has 0 saturated heterocycles. The Morgan fingerprint density at radius 2 is 1.53 bits per heavy atom. The number of amides is 1. The molecule has 6 nitrogen and oxygen atoms in total. The van der Waals surface area contributed by atoms with Gasteiger partial charge in [0, 0.05) is 24.3 Å². The van der Waals surface area contributed by atoms with E-state index in [1.165, 1.54) is 22.3 Å². The molecule has 3 aromatic carbocycles. The minimum Gasteiger partial charge on any atom is -0.493 e. The minimum absolute atomic E-state index is 0.260. The molecule has 0 radical (unpaired) electrons. The van der Waals surface area contributed by atoms with Crippen molar-refractivity contribution in [2.75, 3.05) is 19.1 Å². The Morgan fingerprint density at radius 3 is 2.12 bits per heavy atom. The third kappa shape index (κ3) is 4.44. The zero-order valence-electron chi connectivity index (χ0n) is 18.8. The number of fused-ring (bicyclic) bond motifs is 1. The number of ether oxygens (including phenoxy) is 2. The second-order valence-electron chi connectivity index (χ2n) is 7.92. The number of hydrazone groups is 1. The van der Waals surface area contributed by atoms with Crippen molar-refractivity contribution in [3.8, 4) is 11.5 Å². The molecule has 1 N–H and O–H groups in total. The highest BCUT2D eigenvalue weighted by molar-refractivity contribution is 5.95. The van der Waals surface area contributed by atoms with Gasteiger partial charge in [-0.2, -0.15) is 5.10 Å². The number of hydrogen-bond acceptors (Lipinski definition) is 5. The fraction of sp³-hybridized carbons (Fsp3) is 0.231. The zero-order valence-corrected chi connectivity index (χ0v) is 18.8. The van der Waals surface area contributed by atoms with Crippen LogP contribution in [0.15, 0.2) is 59.7 Å². The number of hydrogen-bond donors (Lipinski definition) is 1. The van der Waals surface area contributed by atoms with E-state index in [4.69, 9.17) is 9.47 Å². The van der Waals surface area contributed by atoms with Gasteiger partial charge in [0.05, 0.1) is 20.4 Å². The van der Waals surface area contributed by atoms with Crippen LogP contribution < -0.4 is 19.8 Å². The van der Waals surface area contributed by atoms with Gasteiger partial charge in [-0.05, 0) is 84.1 Å². The first-order valence-electron chi connectivity index (χ1n) is 10.5. The fourth-order valence-electron chi connectivity index (χ4n) is 3.87. The van der Waals surface area contributed by atoms with Gasteiger partial charge in [-0.15, -0.1) is 0 Å². The number of carbonyl (C=O) groups is 1. The van der Waals surface area contributed by atoms with E-state index in [1.54, 1.807) is 32.6 Å². The molecule has 164 valence electrons. The number of carbonyl (C=O) groups excluding carboxylic acids is 1. The topological polar surface area (TPSA) is 63.2 Å². The SMILES string of the molecule is COc1ccc(/C=N\NC(=O)c2ccc(N3Cc4cc(C)c(C)cc4C3)cc2)cc1OC. The van der Waals surface area contributed by atoms with Crippen LogP contribution in [0.4, 0.5) is 5.69 Å². The Hall–Kier alpha value is -3.80. The monoisotopic (exact) mass is 429 g/mol. The van der Waals surface area contributed by atoms with Gasteiger partial charge in [0.15, 0.2) is 11.5 Å². The quantitative estimate of drug-likeness (QED) is 0.459. The number of aryl methyl sites for hydroxylation is 2. The van der Waals surface area contributed by atoms with Crippen LogP contribution in [0.5, 0.6) is 11.5 Å². The van der Waals surface area contributed by atoms with E-state index in [9.17, 15) is 4.79 Å². The highest BCUT2D eigenvalue weighted by Gasteiger charge is 2.20. The van der Waals surface area contributed by atoms with Crippen molar-refractivity contribution in [1.82, 2.24) is 5.43 Å². The van der Waals surface area contributed by atoms with Gasteiger partial charge in [-0.1, -0.05) is 12.1 Å². The molecule has 0 unspecified atom stereocenters. The highest BCUT2D eigenvalue weighted by atomic mass is 16.5. The lowest BCUT2D eigenvalue weighted by molar-refractivity contribution is 0.0955. The predicted molar refractivity (Wildman–Crippen MR) is 127 cm³/mol. The third-order valence-electron chi connectivity index (χ3n) is 5.82. The summed E-state index contributed by atoms with van der Waals surface area (Å²) in [5.74, 6) is 0.983. The Kier molecular flexibility index (Phi) is 6.12. The van der Waals surface area contributed by atoms with E-state index in [2.05, 4.69) is 41.4 Å². The molecule has 0 saturated carbocycles. The van der Waals surface area contributed by atoms with Crippen LogP contribution in [0.25, 0.3) is 0 Å². The Labute approximate surface area is 188 Å². The van der Waals surface area contributed by atoms with Crippen molar-refractivity contribution in [3.05, 3.63) is 88.0 Å². The standard InChI is InChI=1S/C26H27N3O3/c1-17-11-21-15-29(16-22(21)12-18(17)2)23-8-6-20(7-9-23)26(30)28-27-14-19-5-10-24(31-3)25(13-19)32-4/h5-14H,15-16H2,1-4H3,(H,28,30)/b27-14-. The van der Waals surface area contributed by atoms with E-state index in [1.807, 2.05) is 30.3 Å². The fourth-order valence-corrected chi connectivity index (χ4v) is 3.87. The van der Waals surface area contributed by atoms with E-state index in [0.29, 0.717) is 17.1 Å². The Morgan fingerprint density at radius 1 is 0.906 bits per heavy atom. The third-order valence-corrected chi connectivity index (χ3v) is 5.82. The molecule has 0 fully saturated rings. The summed E-state index contributed by atoms with van der Waals surface area (Å²) in [7, 11) is 3.16. The molecule has 3 aromatic rings. The number of methoxy groups -OCH3 is 2. The molecule has 0 aliphatic carbocycles. The van der Waals surface area contributed by atoms with E-state index in [-0.39, 0.29) is 5.91 Å². The maximum Gasteiger partial charge on any atom is 0.271 e. The molecule has 1 aliphatic rings. The van der Waals surface area contributed by atoms with Gasteiger partial charge >= 0.3 is 0 Å². The van der Waals surface area contributed by atoms with Crippen LogP contribution in [-0.4, -0.2) is 26.3 Å². The molecular formula is C26H27N3O3. The summed E-state index contributed by atoms with van der Waals surface area (Å²) in [4.78, 5) is 14.8. The van der Waals surface area contributed by atoms with Crippen LogP contribution in [0.1, 0.15) is 38.2 Å². The van der Waals surface area contributed by atoms with Gasteiger partial charge in [0.25, 0.3) is 5.91 Å². The minimum atomic E-state index is -0.260. The van der Waals surface area contributed by atoms with E-state index >= 15 is 0 Å². The van der Waals surface area contributed by atoms with Crippen LogP contribution >= 0.6 is 0 Å². The number of nitrogens with one attached hydrogen (secondary N) is 1. The van der Waals surface area contributed by atoms with Crippen LogP contribution in [0, 0.1) is 13.8 Å². The maximum atomic E-state index is 12.5. The highest BCUT2D eigenvalue weighted by Crippen LogP contribution is 2.30. The van der Waals surface area contributed by atoms with Gasteiger partial charge in [0.2, 0.25) is 0 Å². The molecule has 0 bridgehead atoms. The molecule has 1 heterocycles. The lowest BCUT2D eigenvalue weighted by Gasteiger charge is -2.17. The van der Waals surface area contributed by atoms with Crippen molar-refractivity contribution < 1.29 is 14.3 Å². The average molecular weight is 430 g/mol. The first-order valence-corrected chi connectivity index (χ1v) is 10.5. The normalized spacial score (nSPS) is 12.7. The lowest BCUT2D eigenvalue weighted by atomic mass is 10.0. The van der Waals surface area contributed by atoms with Crippen LogP contribution in [-0.2, 0) is 13.1 Å². The van der Waals surface area contributed by atoms with Gasteiger partial charge < -0.3 is 14.4 Å². The van der Waals surface area contributed by atoms with Crippen molar-refractivity contribution in [1.29, 1.82) is 0 Å². The van der Waals surface area contributed by atoms with Gasteiger partial charge in [0.1, 0.15) is 0 Å². The van der Waals surface area contributed by atoms with E-state index in [0.717, 1.165) is 24.3 Å². The van der Waals surface area contributed by atoms with Crippen molar-refractivity contribution in [2.45, 2.75) is 26.9 Å². The lowest BCUT2D eigenvalue weighted by Crippen LogP contribution is -2.18. The molecule has 0 aromatic heterocycles. The largest absolute Gasteiger partial charge is 0.493 e. The number of anilines is 1. The molecular weight excluding hydrogens is 402 g/mol. The van der Waals surface area contributed by atoms with Gasteiger partial charge in [-0.25, -0.2) is 5.43 Å². The molecule has 32 heavy (non-hydrogen) atoms. The number of benzene rings is 3. The summed E-state index contributed by atoms with van der Waals surface area (Å²) in [5.41, 5.74) is 10.4. The zero-order chi connectivity index (χ0) is 22.7. The van der Waals surface area contributed by atoms with Gasteiger partial charge in [-0.3, -0.25) is 4.79 Å². The summed E-state index contributed by atoms with van der Waals surface area (Å²) in [5, 5.41) is 4.06.